The van der Waals surface area contributed by atoms with Gasteiger partial charge in [0.25, 0.3) is 0 Å². The van der Waals surface area contributed by atoms with Crippen molar-refractivity contribution < 1.29 is 19.8 Å². The van der Waals surface area contributed by atoms with Gasteiger partial charge in [-0.05, 0) is 22.8 Å². The Morgan fingerprint density at radius 2 is 1.08 bits per heavy atom. The Balaban J connectivity index is 0.000000368. The number of aromatic hydroxyl groups is 1. The van der Waals surface area contributed by atoms with E-state index >= 15 is 0 Å². The SMILES string of the molecule is C[PH](O)(O)O.Oc1cccc(-c2ccccc2)c1-c1ccccc1. The predicted molar refractivity (Wildman–Crippen MR) is 99.9 cm³/mol. The van der Waals surface area contributed by atoms with Crippen molar-refractivity contribution in [1.29, 1.82) is 0 Å². The zero-order valence-electron chi connectivity index (χ0n) is 13.3. The van der Waals surface area contributed by atoms with Gasteiger partial charge in [0, 0.05) is 5.56 Å². The van der Waals surface area contributed by atoms with Crippen LogP contribution < -0.4 is 0 Å². The average molecular weight is 344 g/mol. The largest absolute Gasteiger partial charge is 0.507 e. The molecule has 0 fully saturated rings. The van der Waals surface area contributed by atoms with Crippen LogP contribution in [0.5, 0.6) is 5.75 Å². The van der Waals surface area contributed by atoms with Gasteiger partial charge in [-0.25, -0.2) is 0 Å². The number of hydrogen-bond acceptors (Lipinski definition) is 4. The summed E-state index contributed by atoms with van der Waals surface area (Å²) in [5, 5.41) is 10.2. The number of hydrogen-bond donors (Lipinski definition) is 4. The fraction of sp³-hybridized carbons (Fsp3) is 0.0526. The summed E-state index contributed by atoms with van der Waals surface area (Å²) in [5.41, 5.74) is 4.07. The molecular formula is C19H21O4P. The van der Waals surface area contributed by atoms with Crippen LogP contribution in [0.2, 0.25) is 0 Å². The van der Waals surface area contributed by atoms with Gasteiger partial charge in [-0.3, -0.25) is 0 Å². The van der Waals surface area contributed by atoms with Gasteiger partial charge in [-0.15, -0.1) is 0 Å². The van der Waals surface area contributed by atoms with Crippen LogP contribution in [0.1, 0.15) is 0 Å². The minimum Gasteiger partial charge on any atom is -0.507 e. The Morgan fingerprint density at radius 1 is 0.625 bits per heavy atom. The minimum atomic E-state index is -3.61. The minimum absolute atomic E-state index is 0.313. The van der Waals surface area contributed by atoms with Crippen LogP contribution >= 0.6 is 7.94 Å². The third-order valence-corrected chi connectivity index (χ3v) is 3.19. The van der Waals surface area contributed by atoms with E-state index in [1.807, 2.05) is 60.7 Å². The normalized spacial score (nSPS) is 11.3. The predicted octanol–water partition coefficient (Wildman–Crippen LogP) is 3.81. The molecule has 0 aliphatic heterocycles. The Morgan fingerprint density at radius 3 is 1.58 bits per heavy atom. The van der Waals surface area contributed by atoms with Crippen LogP contribution in [0.3, 0.4) is 0 Å². The summed E-state index contributed by atoms with van der Waals surface area (Å²) in [5.74, 6) is 0.313. The Hall–Kier alpha value is -2.23. The van der Waals surface area contributed by atoms with Gasteiger partial charge in [-0.1, -0.05) is 72.8 Å². The first-order chi connectivity index (χ1) is 11.4. The monoisotopic (exact) mass is 344 g/mol. The second-order valence-electron chi connectivity index (χ2n) is 5.40. The van der Waals surface area contributed by atoms with E-state index in [0.29, 0.717) is 5.75 Å². The summed E-state index contributed by atoms with van der Waals surface area (Å²) >= 11 is 0. The van der Waals surface area contributed by atoms with Crippen molar-refractivity contribution in [3.05, 3.63) is 78.9 Å². The van der Waals surface area contributed by atoms with E-state index in [0.717, 1.165) is 28.9 Å². The molecular weight excluding hydrogens is 323 g/mol. The molecule has 4 N–H and O–H groups in total. The zero-order valence-corrected chi connectivity index (χ0v) is 14.3. The van der Waals surface area contributed by atoms with Crippen molar-refractivity contribution in [3.8, 4) is 28.0 Å². The molecule has 0 amide bonds. The quantitative estimate of drug-likeness (QED) is 0.533. The van der Waals surface area contributed by atoms with Crippen LogP contribution in [-0.2, 0) is 0 Å². The van der Waals surface area contributed by atoms with Gasteiger partial charge in [0.2, 0.25) is 0 Å². The molecule has 4 nitrogen and oxygen atoms in total. The number of benzene rings is 3. The number of phenolic OH excluding ortho intramolecular Hbond substituents is 1. The van der Waals surface area contributed by atoms with Gasteiger partial charge >= 0.3 is 29.3 Å². The van der Waals surface area contributed by atoms with E-state index in [1.165, 1.54) is 0 Å². The molecule has 0 atom stereocenters. The molecule has 0 aliphatic carbocycles. The third kappa shape index (κ3) is 5.44. The molecule has 0 bridgehead atoms. The summed E-state index contributed by atoms with van der Waals surface area (Å²) in [4.78, 5) is 23.3. The van der Waals surface area contributed by atoms with Gasteiger partial charge in [0.05, 0.1) is 0 Å². The van der Waals surface area contributed by atoms with Crippen LogP contribution in [0.25, 0.3) is 22.3 Å². The molecule has 0 aliphatic rings. The van der Waals surface area contributed by atoms with E-state index in [-0.39, 0.29) is 0 Å². The summed E-state index contributed by atoms with van der Waals surface area (Å²) < 4.78 is 0. The van der Waals surface area contributed by atoms with E-state index in [1.54, 1.807) is 6.07 Å². The van der Waals surface area contributed by atoms with Crippen LogP contribution in [-0.4, -0.2) is 26.5 Å². The van der Waals surface area contributed by atoms with Gasteiger partial charge in [0.1, 0.15) is 5.75 Å². The molecule has 5 heteroatoms. The second kappa shape index (κ2) is 8.04. The Bertz CT molecular complexity index is 762. The summed E-state index contributed by atoms with van der Waals surface area (Å²) in [7, 11) is -3.61. The molecule has 3 aromatic carbocycles. The summed E-state index contributed by atoms with van der Waals surface area (Å²) in [6, 6.07) is 25.7. The smallest absolute Gasteiger partial charge is 0.124 e. The Labute approximate surface area is 141 Å². The fourth-order valence-electron chi connectivity index (χ4n) is 2.31. The third-order valence-electron chi connectivity index (χ3n) is 3.19. The maximum Gasteiger partial charge on any atom is 0.124 e. The molecule has 0 saturated heterocycles. The molecule has 0 spiro atoms. The van der Waals surface area contributed by atoms with Crippen LogP contribution in [0.4, 0.5) is 0 Å². The fourth-order valence-corrected chi connectivity index (χ4v) is 2.31. The van der Waals surface area contributed by atoms with Crippen LogP contribution in [0.15, 0.2) is 78.9 Å². The standard InChI is InChI=1S/C18H14O.CH7O3P/c19-17-13-7-12-16(14-8-3-1-4-9-14)18(17)15-10-5-2-6-11-15;1-5(2,3)4/h1-13,19H;2-5H,1H3. The Kier molecular flexibility index (Phi) is 6.07. The first-order valence-corrected chi connectivity index (χ1v) is 9.80. The maximum absolute atomic E-state index is 10.2. The molecule has 24 heavy (non-hydrogen) atoms. The average Bonchev–Trinajstić information content (AvgIpc) is 2.55. The van der Waals surface area contributed by atoms with Crippen molar-refractivity contribution in [1.82, 2.24) is 0 Å². The number of rotatable bonds is 2. The zero-order chi connectivity index (χ0) is 17.6. The molecule has 3 rings (SSSR count). The molecule has 0 saturated carbocycles. The second-order valence-corrected chi connectivity index (χ2v) is 7.34. The van der Waals surface area contributed by atoms with Crippen molar-refractivity contribution in [2.45, 2.75) is 0 Å². The maximum atomic E-state index is 10.2. The van der Waals surface area contributed by atoms with E-state index in [9.17, 15) is 5.11 Å². The first-order valence-electron chi connectivity index (χ1n) is 7.46. The van der Waals surface area contributed by atoms with E-state index < -0.39 is 7.94 Å². The number of phenols is 1. The molecule has 0 heterocycles. The molecule has 126 valence electrons. The molecule has 0 aromatic heterocycles. The first kappa shape index (κ1) is 18.1. The topological polar surface area (TPSA) is 80.9 Å². The van der Waals surface area contributed by atoms with Gasteiger partial charge in [0.15, 0.2) is 0 Å². The van der Waals surface area contributed by atoms with Crippen molar-refractivity contribution >= 4 is 7.94 Å². The van der Waals surface area contributed by atoms with Crippen LogP contribution in [0, 0.1) is 0 Å². The van der Waals surface area contributed by atoms with Gasteiger partial charge in [-0.2, -0.15) is 0 Å². The molecule has 0 unspecified atom stereocenters. The van der Waals surface area contributed by atoms with Gasteiger partial charge < -0.3 is 5.11 Å². The van der Waals surface area contributed by atoms with E-state index in [4.69, 9.17) is 14.7 Å². The molecule has 3 aromatic rings. The summed E-state index contributed by atoms with van der Waals surface area (Å²) in [6.07, 6.45) is 0. The van der Waals surface area contributed by atoms with Crippen molar-refractivity contribution in [2.24, 2.45) is 0 Å². The van der Waals surface area contributed by atoms with Crippen molar-refractivity contribution in [2.75, 3.05) is 6.66 Å². The summed E-state index contributed by atoms with van der Waals surface area (Å²) in [6.45, 7) is 0.993. The molecule has 0 radical (unpaired) electrons. The van der Waals surface area contributed by atoms with E-state index in [2.05, 4.69) is 12.1 Å². The van der Waals surface area contributed by atoms with Crippen molar-refractivity contribution in [3.63, 3.8) is 0 Å².